The van der Waals surface area contributed by atoms with E-state index in [1.807, 2.05) is 54.6 Å². The summed E-state index contributed by atoms with van der Waals surface area (Å²) in [6.45, 7) is 0. The van der Waals surface area contributed by atoms with Crippen LogP contribution in [0, 0.1) is 0 Å². The predicted octanol–water partition coefficient (Wildman–Crippen LogP) is 4.04. The van der Waals surface area contributed by atoms with Crippen molar-refractivity contribution in [2.75, 3.05) is 11.2 Å². The van der Waals surface area contributed by atoms with Crippen LogP contribution in [0.4, 0.5) is 5.69 Å². The maximum atomic E-state index is 11.9. The Balaban J connectivity index is 1.82. The van der Waals surface area contributed by atoms with Crippen molar-refractivity contribution in [3.05, 3.63) is 65.7 Å². The number of benzene rings is 2. The Labute approximate surface area is 124 Å². The Morgan fingerprint density at radius 1 is 0.900 bits per heavy atom. The number of amides is 1. The summed E-state index contributed by atoms with van der Waals surface area (Å²) in [6, 6.07) is 17.9. The molecule has 0 aliphatic carbocycles. The standard InChI is InChI=1S/C17H18ClNO/c18-13-12-15-6-9-16(10-7-15)19-17(20)11-8-14-4-2-1-3-5-14/h1-7,9-10H,8,11-13H2,(H,19,20). The molecule has 0 unspecified atom stereocenters. The van der Waals surface area contributed by atoms with Gasteiger partial charge in [-0.1, -0.05) is 42.5 Å². The second-order valence-electron chi connectivity index (χ2n) is 4.67. The third-order valence-electron chi connectivity index (χ3n) is 3.10. The van der Waals surface area contributed by atoms with Crippen molar-refractivity contribution < 1.29 is 4.79 Å². The van der Waals surface area contributed by atoms with Crippen LogP contribution in [0.3, 0.4) is 0 Å². The maximum absolute atomic E-state index is 11.9. The van der Waals surface area contributed by atoms with Crippen molar-refractivity contribution >= 4 is 23.2 Å². The van der Waals surface area contributed by atoms with E-state index in [0.717, 1.165) is 18.5 Å². The van der Waals surface area contributed by atoms with E-state index < -0.39 is 0 Å². The molecule has 0 aromatic heterocycles. The van der Waals surface area contributed by atoms with Gasteiger partial charge in [0.15, 0.2) is 0 Å². The quantitative estimate of drug-likeness (QED) is 0.798. The zero-order valence-corrected chi connectivity index (χ0v) is 12.1. The number of carbonyl (C=O) groups excluding carboxylic acids is 1. The normalized spacial score (nSPS) is 10.2. The van der Waals surface area contributed by atoms with Crippen molar-refractivity contribution in [2.24, 2.45) is 0 Å². The summed E-state index contributed by atoms with van der Waals surface area (Å²) in [7, 11) is 0. The molecule has 3 heteroatoms. The molecule has 0 heterocycles. The van der Waals surface area contributed by atoms with Crippen LogP contribution >= 0.6 is 11.6 Å². The molecule has 0 spiro atoms. The summed E-state index contributed by atoms with van der Waals surface area (Å²) in [4.78, 5) is 11.9. The molecule has 1 amide bonds. The van der Waals surface area contributed by atoms with Crippen molar-refractivity contribution in [1.82, 2.24) is 0 Å². The molecule has 0 bridgehead atoms. The predicted molar refractivity (Wildman–Crippen MR) is 84.3 cm³/mol. The van der Waals surface area contributed by atoms with Gasteiger partial charge in [0.05, 0.1) is 0 Å². The topological polar surface area (TPSA) is 29.1 Å². The van der Waals surface area contributed by atoms with Crippen molar-refractivity contribution in [3.63, 3.8) is 0 Å². The van der Waals surface area contributed by atoms with E-state index in [4.69, 9.17) is 11.6 Å². The highest BCUT2D eigenvalue weighted by atomic mass is 35.5. The highest BCUT2D eigenvalue weighted by Crippen LogP contribution is 2.11. The molecule has 0 aliphatic heterocycles. The lowest BCUT2D eigenvalue weighted by atomic mass is 10.1. The molecule has 2 nitrogen and oxygen atoms in total. The zero-order valence-electron chi connectivity index (χ0n) is 11.3. The van der Waals surface area contributed by atoms with Gasteiger partial charge >= 0.3 is 0 Å². The molecule has 2 aromatic carbocycles. The van der Waals surface area contributed by atoms with Gasteiger partial charge in [-0.2, -0.15) is 0 Å². The third-order valence-corrected chi connectivity index (χ3v) is 3.29. The molecule has 0 atom stereocenters. The van der Waals surface area contributed by atoms with Crippen LogP contribution < -0.4 is 5.32 Å². The minimum absolute atomic E-state index is 0.0407. The van der Waals surface area contributed by atoms with Gasteiger partial charge in [-0.15, -0.1) is 11.6 Å². The van der Waals surface area contributed by atoms with Crippen LogP contribution in [-0.4, -0.2) is 11.8 Å². The van der Waals surface area contributed by atoms with E-state index in [9.17, 15) is 4.79 Å². The Kier molecular flexibility index (Phi) is 5.63. The molecule has 0 saturated heterocycles. The van der Waals surface area contributed by atoms with Gasteiger partial charge in [0.25, 0.3) is 0 Å². The van der Waals surface area contributed by atoms with Gasteiger partial charge in [-0.05, 0) is 36.1 Å². The molecule has 1 N–H and O–H groups in total. The molecular weight excluding hydrogens is 270 g/mol. The molecule has 20 heavy (non-hydrogen) atoms. The van der Waals surface area contributed by atoms with E-state index in [1.165, 1.54) is 11.1 Å². The first-order chi connectivity index (χ1) is 9.78. The first-order valence-corrected chi connectivity index (χ1v) is 7.30. The summed E-state index contributed by atoms with van der Waals surface area (Å²) in [5.41, 5.74) is 3.20. The maximum Gasteiger partial charge on any atom is 0.224 e. The van der Waals surface area contributed by atoms with Crippen molar-refractivity contribution in [2.45, 2.75) is 19.3 Å². The first-order valence-electron chi connectivity index (χ1n) is 6.76. The minimum atomic E-state index is 0.0407. The molecule has 104 valence electrons. The summed E-state index contributed by atoms with van der Waals surface area (Å²) in [5.74, 6) is 0.655. The lowest BCUT2D eigenvalue weighted by Gasteiger charge is -2.06. The monoisotopic (exact) mass is 287 g/mol. The molecule has 0 radical (unpaired) electrons. The smallest absolute Gasteiger partial charge is 0.224 e. The lowest BCUT2D eigenvalue weighted by molar-refractivity contribution is -0.116. The fraction of sp³-hybridized carbons (Fsp3) is 0.235. The molecule has 0 aliphatic rings. The van der Waals surface area contributed by atoms with Crippen molar-refractivity contribution in [1.29, 1.82) is 0 Å². The molecule has 2 rings (SSSR count). The van der Waals surface area contributed by atoms with E-state index in [-0.39, 0.29) is 5.91 Å². The van der Waals surface area contributed by atoms with Gasteiger partial charge in [0, 0.05) is 18.0 Å². The van der Waals surface area contributed by atoms with Crippen LogP contribution in [0.2, 0.25) is 0 Å². The SMILES string of the molecule is O=C(CCc1ccccc1)Nc1ccc(CCCl)cc1. The minimum Gasteiger partial charge on any atom is -0.326 e. The van der Waals surface area contributed by atoms with E-state index in [1.54, 1.807) is 0 Å². The second kappa shape index (κ2) is 7.71. The second-order valence-corrected chi connectivity index (χ2v) is 5.05. The number of alkyl halides is 1. The highest BCUT2D eigenvalue weighted by Gasteiger charge is 2.03. The van der Waals surface area contributed by atoms with Gasteiger partial charge < -0.3 is 5.32 Å². The van der Waals surface area contributed by atoms with Crippen LogP contribution in [0.25, 0.3) is 0 Å². The Morgan fingerprint density at radius 3 is 2.20 bits per heavy atom. The average molecular weight is 288 g/mol. The zero-order chi connectivity index (χ0) is 14.2. The molecular formula is C17H18ClNO. The van der Waals surface area contributed by atoms with Crippen molar-refractivity contribution in [3.8, 4) is 0 Å². The number of nitrogens with one attached hydrogen (secondary N) is 1. The first kappa shape index (κ1) is 14.6. The largest absolute Gasteiger partial charge is 0.326 e. The Bertz CT molecular complexity index is 537. The van der Waals surface area contributed by atoms with E-state index in [2.05, 4.69) is 5.32 Å². The van der Waals surface area contributed by atoms with Crippen LogP contribution in [0.1, 0.15) is 17.5 Å². The van der Waals surface area contributed by atoms with E-state index in [0.29, 0.717) is 12.3 Å². The summed E-state index contributed by atoms with van der Waals surface area (Å²) in [6.07, 6.45) is 2.11. The van der Waals surface area contributed by atoms with E-state index >= 15 is 0 Å². The summed E-state index contributed by atoms with van der Waals surface area (Å²) < 4.78 is 0. The fourth-order valence-corrected chi connectivity index (χ4v) is 2.21. The van der Waals surface area contributed by atoms with Gasteiger partial charge in [-0.3, -0.25) is 4.79 Å². The number of carbonyl (C=O) groups is 1. The van der Waals surface area contributed by atoms with Crippen LogP contribution in [-0.2, 0) is 17.6 Å². The third kappa shape index (κ3) is 4.71. The van der Waals surface area contributed by atoms with Gasteiger partial charge in [0.2, 0.25) is 5.91 Å². The van der Waals surface area contributed by atoms with Gasteiger partial charge in [-0.25, -0.2) is 0 Å². The Hall–Kier alpha value is -1.80. The van der Waals surface area contributed by atoms with Gasteiger partial charge in [0.1, 0.15) is 0 Å². The van der Waals surface area contributed by atoms with Crippen LogP contribution in [0.5, 0.6) is 0 Å². The molecule has 2 aromatic rings. The average Bonchev–Trinajstić information content (AvgIpc) is 2.49. The lowest BCUT2D eigenvalue weighted by Crippen LogP contribution is -2.12. The van der Waals surface area contributed by atoms with Crippen LogP contribution in [0.15, 0.2) is 54.6 Å². The number of halogens is 1. The Morgan fingerprint density at radius 2 is 1.55 bits per heavy atom. The molecule has 0 saturated carbocycles. The number of hydrogen-bond donors (Lipinski definition) is 1. The summed E-state index contributed by atoms with van der Waals surface area (Å²) >= 11 is 5.69. The fourth-order valence-electron chi connectivity index (χ4n) is 1.99. The summed E-state index contributed by atoms with van der Waals surface area (Å²) in [5, 5.41) is 2.91. The number of hydrogen-bond acceptors (Lipinski definition) is 1. The number of aryl methyl sites for hydroxylation is 2. The molecule has 0 fully saturated rings. The number of anilines is 1. The number of rotatable bonds is 6. The highest BCUT2D eigenvalue weighted by molar-refractivity contribution is 6.17.